The predicted molar refractivity (Wildman–Crippen MR) is 125 cm³/mol. The molecule has 3 rings (SSSR count). The highest BCUT2D eigenvalue weighted by Crippen LogP contribution is 2.34. The van der Waals surface area contributed by atoms with Crippen LogP contribution >= 0.6 is 0 Å². The summed E-state index contributed by atoms with van der Waals surface area (Å²) in [5.41, 5.74) is 1.68. The lowest BCUT2D eigenvalue weighted by Gasteiger charge is -2.18. The lowest BCUT2D eigenvalue weighted by atomic mass is 10.1. The molecule has 1 heterocycles. The average Bonchev–Trinajstić information content (AvgIpc) is 2.81. The van der Waals surface area contributed by atoms with Crippen molar-refractivity contribution in [2.75, 3.05) is 13.7 Å². The number of hydrogen-bond donors (Lipinski definition) is 0. The van der Waals surface area contributed by atoms with Crippen molar-refractivity contribution < 1.29 is 14.2 Å². The molecule has 2 aromatic carbocycles. The van der Waals surface area contributed by atoms with Crippen LogP contribution in [0.5, 0.6) is 17.2 Å². The van der Waals surface area contributed by atoms with Gasteiger partial charge in [-0.15, -0.1) is 0 Å². The smallest absolute Gasteiger partial charge is 0.297 e. The van der Waals surface area contributed by atoms with Gasteiger partial charge in [0.25, 0.3) is 5.56 Å². The van der Waals surface area contributed by atoms with E-state index in [0.717, 1.165) is 42.1 Å². The SMILES string of the molecule is C=CCOc1c(OC)c2ccc(OCc3ccccc3)cc2n(CCCCCC)c1=O. The summed E-state index contributed by atoms with van der Waals surface area (Å²) in [7, 11) is 1.56. The molecule has 0 atom stereocenters. The van der Waals surface area contributed by atoms with Crippen LogP contribution in [0.1, 0.15) is 38.2 Å². The number of rotatable bonds is 12. The van der Waals surface area contributed by atoms with Gasteiger partial charge in [0.1, 0.15) is 19.0 Å². The third-order valence-electron chi connectivity index (χ3n) is 5.18. The molecule has 0 spiro atoms. The minimum atomic E-state index is -0.192. The summed E-state index contributed by atoms with van der Waals surface area (Å²) in [6.45, 7) is 7.18. The van der Waals surface area contributed by atoms with Crippen molar-refractivity contribution in [2.24, 2.45) is 0 Å². The van der Waals surface area contributed by atoms with Crippen molar-refractivity contribution in [3.05, 3.63) is 77.1 Å². The van der Waals surface area contributed by atoms with Crippen molar-refractivity contribution in [1.29, 1.82) is 0 Å². The van der Waals surface area contributed by atoms with Crippen molar-refractivity contribution >= 4 is 10.9 Å². The first-order valence-corrected chi connectivity index (χ1v) is 10.8. The number of nitrogens with zero attached hydrogens (tertiary/aromatic N) is 1. The number of pyridine rings is 1. The summed E-state index contributed by atoms with van der Waals surface area (Å²) in [5, 5.41) is 0.823. The molecule has 0 N–H and O–H groups in total. The van der Waals surface area contributed by atoms with Crippen LogP contribution in [0.3, 0.4) is 0 Å². The number of ether oxygens (including phenoxy) is 3. The van der Waals surface area contributed by atoms with E-state index < -0.39 is 0 Å². The van der Waals surface area contributed by atoms with Crippen LogP contribution in [-0.4, -0.2) is 18.3 Å². The Morgan fingerprint density at radius 2 is 1.81 bits per heavy atom. The molecule has 0 aliphatic carbocycles. The first-order chi connectivity index (χ1) is 15.2. The first-order valence-electron chi connectivity index (χ1n) is 10.8. The third-order valence-corrected chi connectivity index (χ3v) is 5.18. The van der Waals surface area contributed by atoms with Gasteiger partial charge in [-0.3, -0.25) is 4.79 Å². The van der Waals surface area contributed by atoms with Gasteiger partial charge in [-0.2, -0.15) is 0 Å². The van der Waals surface area contributed by atoms with Gasteiger partial charge in [-0.25, -0.2) is 0 Å². The van der Waals surface area contributed by atoms with Gasteiger partial charge in [0.2, 0.25) is 5.75 Å². The summed E-state index contributed by atoms with van der Waals surface area (Å²) in [6, 6.07) is 15.8. The Hall–Kier alpha value is -3.21. The highest BCUT2D eigenvalue weighted by Gasteiger charge is 2.19. The van der Waals surface area contributed by atoms with Gasteiger partial charge in [0, 0.05) is 18.0 Å². The third kappa shape index (κ3) is 5.48. The molecular weight excluding hydrogens is 390 g/mol. The van der Waals surface area contributed by atoms with E-state index in [1.54, 1.807) is 17.8 Å². The van der Waals surface area contributed by atoms with Crippen LogP contribution < -0.4 is 19.8 Å². The van der Waals surface area contributed by atoms with Crippen molar-refractivity contribution in [1.82, 2.24) is 4.57 Å². The summed E-state index contributed by atoms with van der Waals surface area (Å²) < 4.78 is 19.1. The van der Waals surface area contributed by atoms with E-state index in [9.17, 15) is 4.79 Å². The molecular formula is C26H31NO4. The van der Waals surface area contributed by atoms with E-state index >= 15 is 0 Å². The maximum atomic E-state index is 13.3. The minimum absolute atomic E-state index is 0.192. The van der Waals surface area contributed by atoms with Crippen LogP contribution in [0.2, 0.25) is 0 Å². The predicted octanol–water partition coefficient (Wildman–Crippen LogP) is 5.73. The summed E-state index contributed by atoms with van der Waals surface area (Å²) >= 11 is 0. The molecule has 5 nitrogen and oxygen atoms in total. The quantitative estimate of drug-likeness (QED) is 0.277. The molecule has 1 aromatic heterocycles. The Kier molecular flexibility index (Phi) is 8.16. The molecule has 0 saturated heterocycles. The summed E-state index contributed by atoms with van der Waals surface area (Å²) in [4.78, 5) is 13.3. The lowest BCUT2D eigenvalue weighted by molar-refractivity contribution is 0.306. The summed E-state index contributed by atoms with van der Waals surface area (Å²) in [6.07, 6.45) is 5.90. The lowest BCUT2D eigenvalue weighted by Crippen LogP contribution is -2.23. The normalized spacial score (nSPS) is 10.8. The van der Waals surface area contributed by atoms with E-state index in [4.69, 9.17) is 14.2 Å². The summed E-state index contributed by atoms with van der Waals surface area (Å²) in [5.74, 6) is 1.38. The maximum Gasteiger partial charge on any atom is 0.297 e. The number of aromatic nitrogens is 1. The van der Waals surface area contributed by atoms with Gasteiger partial charge in [0.05, 0.1) is 12.6 Å². The molecule has 0 saturated carbocycles. The van der Waals surface area contributed by atoms with E-state index in [2.05, 4.69) is 13.5 Å². The highest BCUT2D eigenvalue weighted by molar-refractivity contribution is 5.89. The number of benzene rings is 2. The fraction of sp³-hybridized carbons (Fsp3) is 0.346. The van der Waals surface area contributed by atoms with E-state index in [-0.39, 0.29) is 17.9 Å². The minimum Gasteiger partial charge on any atom is -0.492 e. The van der Waals surface area contributed by atoms with Crippen molar-refractivity contribution in [3.63, 3.8) is 0 Å². The van der Waals surface area contributed by atoms with E-state index in [0.29, 0.717) is 24.7 Å². The van der Waals surface area contributed by atoms with Gasteiger partial charge in [-0.1, -0.05) is 69.2 Å². The van der Waals surface area contributed by atoms with Crippen LogP contribution in [-0.2, 0) is 13.2 Å². The van der Waals surface area contributed by atoms with Crippen LogP contribution in [0.4, 0.5) is 0 Å². The van der Waals surface area contributed by atoms with E-state index in [1.165, 1.54) is 0 Å². The van der Waals surface area contributed by atoms with E-state index in [1.807, 2.05) is 48.5 Å². The zero-order valence-electron chi connectivity index (χ0n) is 18.4. The molecule has 0 fully saturated rings. The highest BCUT2D eigenvalue weighted by atomic mass is 16.5. The number of unbranched alkanes of at least 4 members (excludes halogenated alkanes) is 3. The fourth-order valence-corrected chi connectivity index (χ4v) is 3.60. The number of aryl methyl sites for hydroxylation is 1. The first kappa shape index (κ1) is 22.5. The molecule has 0 unspecified atom stereocenters. The van der Waals surface area contributed by atoms with Crippen LogP contribution in [0, 0.1) is 0 Å². The Balaban J connectivity index is 2.01. The fourth-order valence-electron chi connectivity index (χ4n) is 3.60. The standard InChI is InChI=1S/C26H31NO4/c1-4-6-7-11-16-27-23-18-21(31-19-20-12-9-8-10-13-20)14-15-22(23)24(29-3)25(26(27)28)30-17-5-2/h5,8-10,12-15,18H,2,4,6-7,11,16-17,19H2,1,3H3. The second-order valence-electron chi connectivity index (χ2n) is 7.43. The van der Waals surface area contributed by atoms with Gasteiger partial charge in [0.15, 0.2) is 5.75 Å². The Morgan fingerprint density at radius 3 is 2.52 bits per heavy atom. The average molecular weight is 422 g/mol. The molecule has 0 bridgehead atoms. The second kappa shape index (κ2) is 11.3. The Bertz CT molecular complexity index is 1060. The number of fused-ring (bicyclic) bond motifs is 1. The number of methoxy groups -OCH3 is 1. The van der Waals surface area contributed by atoms with Gasteiger partial charge in [-0.05, 0) is 24.1 Å². The molecule has 0 amide bonds. The van der Waals surface area contributed by atoms with Crippen molar-refractivity contribution in [3.8, 4) is 17.2 Å². The molecule has 5 heteroatoms. The monoisotopic (exact) mass is 421 g/mol. The van der Waals surface area contributed by atoms with Crippen molar-refractivity contribution in [2.45, 2.75) is 45.8 Å². The molecule has 0 aliphatic heterocycles. The van der Waals surface area contributed by atoms with Crippen LogP contribution in [0.25, 0.3) is 10.9 Å². The topological polar surface area (TPSA) is 49.7 Å². The maximum absolute atomic E-state index is 13.3. The molecule has 0 aliphatic rings. The Labute approximate surface area is 183 Å². The van der Waals surface area contributed by atoms with Crippen LogP contribution in [0.15, 0.2) is 66.0 Å². The zero-order valence-corrected chi connectivity index (χ0v) is 18.4. The molecule has 164 valence electrons. The molecule has 31 heavy (non-hydrogen) atoms. The molecule has 0 radical (unpaired) electrons. The van der Waals surface area contributed by atoms with Gasteiger partial charge >= 0.3 is 0 Å². The number of hydrogen-bond acceptors (Lipinski definition) is 4. The largest absolute Gasteiger partial charge is 0.492 e. The van der Waals surface area contributed by atoms with Gasteiger partial charge < -0.3 is 18.8 Å². The Morgan fingerprint density at radius 1 is 1.00 bits per heavy atom. The second-order valence-corrected chi connectivity index (χ2v) is 7.43. The zero-order chi connectivity index (χ0) is 22.1. The molecule has 3 aromatic rings.